The van der Waals surface area contributed by atoms with Gasteiger partial charge in [-0.25, -0.2) is 8.78 Å². The van der Waals surface area contributed by atoms with Crippen LogP contribution in [0.4, 0.5) is 14.5 Å². The van der Waals surface area contributed by atoms with Crippen LogP contribution in [0.3, 0.4) is 0 Å². The predicted octanol–water partition coefficient (Wildman–Crippen LogP) is 8.45. The van der Waals surface area contributed by atoms with Gasteiger partial charge in [-0.2, -0.15) is 0 Å². The molecule has 3 aromatic carbocycles. The van der Waals surface area contributed by atoms with E-state index in [9.17, 15) is 8.78 Å². The number of halogens is 2. The van der Waals surface area contributed by atoms with Gasteiger partial charge in [0, 0.05) is 21.7 Å². The van der Waals surface area contributed by atoms with Gasteiger partial charge in [-0.15, -0.1) is 0 Å². The van der Waals surface area contributed by atoms with Crippen LogP contribution in [0.2, 0.25) is 0 Å². The van der Waals surface area contributed by atoms with Gasteiger partial charge < -0.3 is 10.8 Å². The first kappa shape index (κ1) is 28.3. The van der Waals surface area contributed by atoms with Crippen molar-refractivity contribution in [3.63, 3.8) is 0 Å². The molecule has 200 valence electrons. The summed E-state index contributed by atoms with van der Waals surface area (Å²) in [6, 6.07) is 17.5. The number of benzene rings is 3. The van der Waals surface area contributed by atoms with Crippen LogP contribution >= 0.6 is 0 Å². The molecule has 0 radical (unpaired) electrons. The van der Waals surface area contributed by atoms with Crippen molar-refractivity contribution in [2.24, 2.45) is 11.8 Å². The molecule has 3 N–H and O–H groups in total. The van der Waals surface area contributed by atoms with E-state index in [1.54, 1.807) is 13.0 Å². The molecule has 2 aliphatic rings. The second kappa shape index (κ2) is 12.8. The SMILES string of the molecule is C=C(C)c1ccc2c(c1)CCC(Cc1ccc(N)cc1)C2=C.CO.Cc1cc(CC2CC2)c(F)cc1F.[HH].[HH]. The molecule has 1 unspecified atom stereocenters. The molecule has 2 nitrogen and oxygen atoms in total. The Morgan fingerprint density at radius 3 is 2.27 bits per heavy atom. The van der Waals surface area contributed by atoms with Crippen molar-refractivity contribution < 1.29 is 16.7 Å². The summed E-state index contributed by atoms with van der Waals surface area (Å²) in [7, 11) is 1.00. The van der Waals surface area contributed by atoms with E-state index in [0.717, 1.165) is 50.1 Å². The molecule has 5 rings (SSSR count). The van der Waals surface area contributed by atoms with Crippen LogP contribution in [0, 0.1) is 30.4 Å². The third kappa shape index (κ3) is 7.62. The number of nitrogen functional groups attached to an aromatic ring is 1. The number of anilines is 1. The summed E-state index contributed by atoms with van der Waals surface area (Å²) in [6.07, 6.45) is 6.48. The van der Waals surface area contributed by atoms with E-state index in [2.05, 4.69) is 50.4 Å². The zero-order valence-electron chi connectivity index (χ0n) is 22.3. The van der Waals surface area contributed by atoms with Crippen LogP contribution in [0.15, 0.2) is 67.8 Å². The molecular weight excluding hydrogens is 464 g/mol. The maximum Gasteiger partial charge on any atom is 0.129 e. The molecule has 0 saturated heterocycles. The lowest BCUT2D eigenvalue weighted by molar-refractivity contribution is 0.399. The first-order valence-electron chi connectivity index (χ1n) is 12.9. The summed E-state index contributed by atoms with van der Waals surface area (Å²) in [5.74, 6) is 0.318. The monoisotopic (exact) mass is 507 g/mol. The third-order valence-corrected chi connectivity index (χ3v) is 7.19. The minimum Gasteiger partial charge on any atom is -0.400 e. The molecule has 0 spiro atoms. The van der Waals surface area contributed by atoms with Gasteiger partial charge in [0.1, 0.15) is 11.6 Å². The van der Waals surface area contributed by atoms with Gasteiger partial charge in [0.25, 0.3) is 0 Å². The molecular formula is C33H43F2NO. The molecule has 0 bridgehead atoms. The van der Waals surface area contributed by atoms with Crippen molar-refractivity contribution >= 4 is 16.8 Å². The van der Waals surface area contributed by atoms with Crippen molar-refractivity contribution in [1.29, 1.82) is 0 Å². The topological polar surface area (TPSA) is 46.2 Å². The lowest BCUT2D eigenvalue weighted by Crippen LogP contribution is -2.15. The first-order valence-corrected chi connectivity index (χ1v) is 12.9. The number of aliphatic hydroxyl groups is 1. The van der Waals surface area contributed by atoms with Crippen LogP contribution in [0.5, 0.6) is 0 Å². The molecule has 0 amide bonds. The van der Waals surface area contributed by atoms with Crippen LogP contribution in [-0.2, 0) is 19.3 Å². The number of hydrogen-bond acceptors (Lipinski definition) is 2. The van der Waals surface area contributed by atoms with Crippen molar-refractivity contribution in [3.8, 4) is 0 Å². The standard InChI is InChI=1S/C21H23N.C11H12F2.CH4O.2H2/c1-14(2)17-8-11-21-15(3)18(6-7-19(21)13-17)12-16-4-9-20(22)10-5-16;1-7-4-9(5-8-2-3-8)11(13)6-10(7)12;1-2;;/h4-5,8-11,13,18H,1,3,6-7,12,22H2,2H3;4,6,8H,2-3,5H2,1H3;2H,1H3;2*1H. The van der Waals surface area contributed by atoms with Gasteiger partial charge in [0.15, 0.2) is 0 Å². The lowest BCUT2D eigenvalue weighted by Gasteiger charge is -2.28. The van der Waals surface area contributed by atoms with E-state index < -0.39 is 11.6 Å². The summed E-state index contributed by atoms with van der Waals surface area (Å²) in [6.45, 7) is 12.1. The molecule has 37 heavy (non-hydrogen) atoms. The summed E-state index contributed by atoms with van der Waals surface area (Å²) in [5, 5.41) is 7.00. The van der Waals surface area contributed by atoms with Gasteiger partial charge in [-0.05, 0) is 115 Å². The zero-order chi connectivity index (χ0) is 27.1. The van der Waals surface area contributed by atoms with Gasteiger partial charge >= 0.3 is 0 Å². The smallest absolute Gasteiger partial charge is 0.129 e. The average molecular weight is 508 g/mol. The highest BCUT2D eigenvalue weighted by molar-refractivity contribution is 5.73. The fraction of sp³-hybridized carbons (Fsp3) is 0.333. The Balaban J connectivity index is 0.000000386. The van der Waals surface area contributed by atoms with E-state index in [-0.39, 0.29) is 2.85 Å². The number of nitrogens with two attached hydrogens (primary N) is 1. The Labute approximate surface area is 223 Å². The minimum atomic E-state index is -0.447. The molecule has 0 heterocycles. The van der Waals surface area contributed by atoms with E-state index in [4.69, 9.17) is 10.8 Å². The molecule has 1 saturated carbocycles. The van der Waals surface area contributed by atoms with Crippen LogP contribution in [-0.4, -0.2) is 12.2 Å². The maximum atomic E-state index is 13.2. The van der Waals surface area contributed by atoms with Crippen LogP contribution < -0.4 is 5.73 Å². The van der Waals surface area contributed by atoms with Crippen molar-refractivity contribution in [2.45, 2.75) is 52.4 Å². The van der Waals surface area contributed by atoms with Crippen molar-refractivity contribution in [3.05, 3.63) is 113 Å². The van der Waals surface area contributed by atoms with Gasteiger partial charge in [-0.3, -0.25) is 0 Å². The van der Waals surface area contributed by atoms with E-state index in [1.807, 2.05) is 12.1 Å². The molecule has 3 aromatic rings. The Bertz CT molecular complexity index is 1250. The van der Waals surface area contributed by atoms with E-state index in [1.165, 1.54) is 40.7 Å². The van der Waals surface area contributed by atoms with Gasteiger partial charge in [0.2, 0.25) is 0 Å². The predicted molar refractivity (Wildman–Crippen MR) is 156 cm³/mol. The molecule has 0 aromatic heterocycles. The highest BCUT2D eigenvalue weighted by atomic mass is 19.1. The number of allylic oxidation sites excluding steroid dienone is 2. The number of hydrogen-bond donors (Lipinski definition) is 2. The number of fused-ring (bicyclic) bond motifs is 1. The fourth-order valence-corrected chi connectivity index (χ4v) is 4.77. The Morgan fingerprint density at radius 2 is 1.65 bits per heavy atom. The van der Waals surface area contributed by atoms with E-state index >= 15 is 0 Å². The Hall–Kier alpha value is -3.24. The number of aliphatic hydroxyl groups excluding tert-OH is 1. The van der Waals surface area contributed by atoms with Crippen molar-refractivity contribution in [1.82, 2.24) is 0 Å². The maximum absolute atomic E-state index is 13.2. The van der Waals surface area contributed by atoms with Crippen molar-refractivity contribution in [2.75, 3.05) is 12.8 Å². The molecule has 1 fully saturated rings. The number of rotatable bonds is 5. The molecule has 1 atom stereocenters. The van der Waals surface area contributed by atoms with Gasteiger partial charge in [0.05, 0.1) is 0 Å². The minimum absolute atomic E-state index is 0. The second-order valence-electron chi connectivity index (χ2n) is 10.2. The Kier molecular flexibility index (Phi) is 9.82. The highest BCUT2D eigenvalue weighted by Crippen LogP contribution is 2.37. The summed E-state index contributed by atoms with van der Waals surface area (Å²) >= 11 is 0. The van der Waals surface area contributed by atoms with E-state index in [0.29, 0.717) is 23.0 Å². The Morgan fingerprint density at radius 1 is 0.973 bits per heavy atom. The third-order valence-electron chi connectivity index (χ3n) is 7.19. The van der Waals surface area contributed by atoms with Crippen LogP contribution in [0.1, 0.15) is 62.4 Å². The summed E-state index contributed by atoms with van der Waals surface area (Å²) in [5.41, 5.74) is 15.5. The number of aryl methyl sites for hydroxylation is 2. The largest absolute Gasteiger partial charge is 0.400 e. The lowest BCUT2D eigenvalue weighted by atomic mass is 9.77. The zero-order valence-corrected chi connectivity index (χ0v) is 22.3. The van der Waals surface area contributed by atoms with Gasteiger partial charge in [-0.1, -0.05) is 55.1 Å². The second-order valence-corrected chi connectivity index (χ2v) is 10.2. The molecule has 4 heteroatoms. The quantitative estimate of drug-likeness (QED) is 0.340. The fourth-order valence-electron chi connectivity index (χ4n) is 4.77. The summed E-state index contributed by atoms with van der Waals surface area (Å²) in [4.78, 5) is 0. The average Bonchev–Trinajstić information content (AvgIpc) is 3.71. The normalized spacial score (nSPS) is 16.1. The first-order chi connectivity index (χ1) is 17.7. The van der Waals surface area contributed by atoms with Crippen LogP contribution in [0.25, 0.3) is 11.1 Å². The molecule has 2 aliphatic carbocycles. The molecule has 0 aliphatic heterocycles. The highest BCUT2D eigenvalue weighted by Gasteiger charge is 2.24. The summed E-state index contributed by atoms with van der Waals surface area (Å²) < 4.78 is 26.1.